The van der Waals surface area contributed by atoms with Gasteiger partial charge in [-0.2, -0.15) is 0 Å². The van der Waals surface area contributed by atoms with Crippen LogP contribution in [0.15, 0.2) is 200 Å². The lowest BCUT2D eigenvalue weighted by Crippen LogP contribution is -2.14. The Balaban J connectivity index is 1.02. The van der Waals surface area contributed by atoms with Crippen molar-refractivity contribution in [3.8, 4) is 78.7 Å². The van der Waals surface area contributed by atoms with Crippen LogP contribution in [0.1, 0.15) is 25.0 Å². The third-order valence-corrected chi connectivity index (χ3v) is 12.1. The standard InChI is InChI=1S/C56H39N3/c1-56(2)51-23-8-7-21-49(51)50-35-46(30-31-52(50)56)55-58-53(57-54(59-55)45-19-10-17-43(34-45)48-22-11-15-39-13-5-6-20-47(39)48)44-18-9-16-41(33-44)37-24-26-38(27-25-37)42-29-28-36-12-3-4-14-40(36)32-42/h3-35H,1-2H3. The van der Waals surface area contributed by atoms with Crippen LogP contribution in [-0.2, 0) is 5.41 Å². The first-order valence-corrected chi connectivity index (χ1v) is 20.3. The monoisotopic (exact) mass is 753 g/mol. The average molecular weight is 754 g/mol. The number of hydrogen-bond acceptors (Lipinski definition) is 3. The minimum atomic E-state index is -0.0873. The molecule has 0 saturated carbocycles. The SMILES string of the molecule is CC1(C)c2ccccc2-c2cc(-c3nc(-c4cccc(-c5ccc(-c6ccc7ccccc7c6)cc5)c4)nc(-c4cccc(-c5cccc6ccccc56)c4)n3)ccc21. The van der Waals surface area contributed by atoms with Gasteiger partial charge in [0.25, 0.3) is 0 Å². The first-order valence-electron chi connectivity index (χ1n) is 20.3. The molecular weight excluding hydrogens is 715 g/mol. The predicted molar refractivity (Wildman–Crippen MR) is 245 cm³/mol. The minimum absolute atomic E-state index is 0.0873. The van der Waals surface area contributed by atoms with Gasteiger partial charge in [0.05, 0.1) is 0 Å². The van der Waals surface area contributed by atoms with Crippen molar-refractivity contribution in [1.82, 2.24) is 15.0 Å². The molecule has 0 radical (unpaired) electrons. The minimum Gasteiger partial charge on any atom is -0.208 e. The Bertz CT molecular complexity index is 3240. The van der Waals surface area contributed by atoms with Gasteiger partial charge in [-0.15, -0.1) is 0 Å². The van der Waals surface area contributed by atoms with E-state index in [0.29, 0.717) is 17.5 Å². The summed E-state index contributed by atoms with van der Waals surface area (Å²) in [6.07, 6.45) is 0. The first-order chi connectivity index (χ1) is 29.0. The fraction of sp³-hybridized carbons (Fsp3) is 0.0536. The molecule has 1 aromatic heterocycles. The van der Waals surface area contributed by atoms with Crippen molar-refractivity contribution in [3.05, 3.63) is 211 Å². The largest absolute Gasteiger partial charge is 0.208 e. The average Bonchev–Trinajstić information content (AvgIpc) is 3.53. The topological polar surface area (TPSA) is 38.7 Å². The van der Waals surface area contributed by atoms with Crippen molar-refractivity contribution in [3.63, 3.8) is 0 Å². The van der Waals surface area contributed by atoms with Gasteiger partial charge in [0.1, 0.15) is 0 Å². The molecule has 1 aliphatic carbocycles. The molecule has 0 spiro atoms. The molecule has 3 nitrogen and oxygen atoms in total. The quantitative estimate of drug-likeness (QED) is 0.170. The lowest BCUT2D eigenvalue weighted by molar-refractivity contribution is 0.660. The van der Waals surface area contributed by atoms with Crippen molar-refractivity contribution in [2.75, 3.05) is 0 Å². The van der Waals surface area contributed by atoms with E-state index >= 15 is 0 Å². The molecule has 0 saturated heterocycles. The molecule has 0 aliphatic heterocycles. The molecule has 59 heavy (non-hydrogen) atoms. The molecule has 0 N–H and O–H groups in total. The highest BCUT2D eigenvalue weighted by atomic mass is 15.0. The Kier molecular flexibility index (Phi) is 8.16. The van der Waals surface area contributed by atoms with Crippen LogP contribution in [0.25, 0.3) is 100 Å². The fourth-order valence-corrected chi connectivity index (χ4v) is 8.99. The van der Waals surface area contributed by atoms with Gasteiger partial charge in [-0.1, -0.05) is 190 Å². The number of hydrogen-bond donors (Lipinski definition) is 0. The summed E-state index contributed by atoms with van der Waals surface area (Å²) < 4.78 is 0. The summed E-state index contributed by atoms with van der Waals surface area (Å²) in [5.74, 6) is 1.92. The Labute approximate surface area is 344 Å². The van der Waals surface area contributed by atoms with Crippen LogP contribution in [0.2, 0.25) is 0 Å². The Morgan fingerprint density at radius 2 is 0.763 bits per heavy atom. The van der Waals surface area contributed by atoms with Gasteiger partial charge in [0.2, 0.25) is 0 Å². The molecule has 278 valence electrons. The van der Waals surface area contributed by atoms with E-state index < -0.39 is 0 Å². The number of nitrogens with zero attached hydrogens (tertiary/aromatic N) is 3. The van der Waals surface area contributed by atoms with Crippen LogP contribution in [0.4, 0.5) is 0 Å². The maximum absolute atomic E-state index is 5.23. The highest BCUT2D eigenvalue weighted by Gasteiger charge is 2.35. The van der Waals surface area contributed by atoms with Gasteiger partial charge in [-0.05, 0) is 101 Å². The van der Waals surface area contributed by atoms with Gasteiger partial charge in [-0.3, -0.25) is 0 Å². The van der Waals surface area contributed by atoms with Crippen LogP contribution < -0.4 is 0 Å². The molecule has 9 aromatic carbocycles. The molecule has 0 fully saturated rings. The maximum atomic E-state index is 5.23. The molecule has 0 unspecified atom stereocenters. The molecule has 0 bridgehead atoms. The second-order valence-electron chi connectivity index (χ2n) is 16.1. The molecular formula is C56H39N3. The number of rotatable bonds is 6. The van der Waals surface area contributed by atoms with E-state index in [2.05, 4.69) is 214 Å². The molecule has 11 rings (SSSR count). The second kappa shape index (κ2) is 13.9. The highest BCUT2D eigenvalue weighted by molar-refractivity contribution is 5.97. The second-order valence-corrected chi connectivity index (χ2v) is 16.1. The van der Waals surface area contributed by atoms with Crippen LogP contribution in [0, 0.1) is 0 Å². The molecule has 1 aliphatic rings. The Hall–Kier alpha value is -7.49. The van der Waals surface area contributed by atoms with Crippen LogP contribution in [0.3, 0.4) is 0 Å². The third kappa shape index (κ3) is 6.11. The van der Waals surface area contributed by atoms with Crippen molar-refractivity contribution in [1.29, 1.82) is 0 Å². The molecule has 0 amide bonds. The van der Waals surface area contributed by atoms with Gasteiger partial charge in [-0.25, -0.2) is 15.0 Å². The van der Waals surface area contributed by atoms with E-state index in [-0.39, 0.29) is 5.41 Å². The summed E-state index contributed by atoms with van der Waals surface area (Å²) in [5.41, 5.74) is 14.8. The van der Waals surface area contributed by atoms with Gasteiger partial charge in [0, 0.05) is 22.1 Å². The lowest BCUT2D eigenvalue weighted by atomic mass is 9.82. The Morgan fingerprint density at radius 3 is 1.51 bits per heavy atom. The van der Waals surface area contributed by atoms with Crippen molar-refractivity contribution >= 4 is 21.5 Å². The summed E-state index contributed by atoms with van der Waals surface area (Å²) in [4.78, 5) is 15.7. The number of fused-ring (bicyclic) bond motifs is 5. The highest BCUT2D eigenvalue weighted by Crippen LogP contribution is 2.49. The zero-order valence-corrected chi connectivity index (χ0v) is 32.9. The lowest BCUT2D eigenvalue weighted by Gasteiger charge is -2.21. The van der Waals surface area contributed by atoms with Gasteiger partial charge < -0.3 is 0 Å². The summed E-state index contributed by atoms with van der Waals surface area (Å²) in [7, 11) is 0. The van der Waals surface area contributed by atoms with E-state index in [1.807, 2.05) is 0 Å². The number of aromatic nitrogens is 3. The van der Waals surface area contributed by atoms with Crippen LogP contribution in [0.5, 0.6) is 0 Å². The maximum Gasteiger partial charge on any atom is 0.164 e. The number of benzene rings is 9. The van der Waals surface area contributed by atoms with E-state index in [9.17, 15) is 0 Å². The smallest absolute Gasteiger partial charge is 0.164 e. The first kappa shape index (κ1) is 34.7. The predicted octanol–water partition coefficient (Wildman–Crippen LogP) is 14.5. The van der Waals surface area contributed by atoms with Gasteiger partial charge >= 0.3 is 0 Å². The van der Waals surface area contributed by atoms with E-state index in [1.54, 1.807) is 0 Å². The zero-order valence-electron chi connectivity index (χ0n) is 32.9. The molecule has 0 atom stereocenters. The zero-order chi connectivity index (χ0) is 39.5. The fourth-order valence-electron chi connectivity index (χ4n) is 8.99. The van der Waals surface area contributed by atoms with Crippen LogP contribution >= 0.6 is 0 Å². The molecule has 10 aromatic rings. The summed E-state index contributed by atoms with van der Waals surface area (Å²) in [6.45, 7) is 4.62. The van der Waals surface area contributed by atoms with Crippen molar-refractivity contribution in [2.45, 2.75) is 19.3 Å². The van der Waals surface area contributed by atoms with E-state index in [1.165, 1.54) is 60.5 Å². The van der Waals surface area contributed by atoms with Crippen LogP contribution in [-0.4, -0.2) is 15.0 Å². The van der Waals surface area contributed by atoms with E-state index in [4.69, 9.17) is 15.0 Å². The van der Waals surface area contributed by atoms with Crippen molar-refractivity contribution < 1.29 is 0 Å². The third-order valence-electron chi connectivity index (χ3n) is 12.1. The van der Waals surface area contributed by atoms with E-state index in [0.717, 1.165) is 33.4 Å². The summed E-state index contributed by atoms with van der Waals surface area (Å²) >= 11 is 0. The summed E-state index contributed by atoms with van der Waals surface area (Å²) in [5, 5.41) is 4.92. The van der Waals surface area contributed by atoms with Crippen molar-refractivity contribution in [2.24, 2.45) is 0 Å². The normalized spacial score (nSPS) is 12.7. The summed E-state index contributed by atoms with van der Waals surface area (Å²) in [6, 6.07) is 71.6. The van der Waals surface area contributed by atoms with Gasteiger partial charge in [0.15, 0.2) is 17.5 Å². The molecule has 3 heteroatoms. The Morgan fingerprint density at radius 1 is 0.288 bits per heavy atom. The molecule has 1 heterocycles.